The standard InChI is InChI=1S/C24H29N5O3/c1-16(30)29-13-11-18(12-14-29)25-24(31)28-22(15-17-7-9-19(32-2)10-8-17)23-26-20-5-3-4-6-21(20)27-23/h3-10,18,22H,11-15H2,1-2H3,(H,26,27)(H2,25,28,31)/t22-/m1/s1. The number of carbonyl (C=O) groups is 2. The van der Waals surface area contributed by atoms with Gasteiger partial charge in [-0.2, -0.15) is 0 Å². The molecule has 1 atom stereocenters. The molecule has 8 nitrogen and oxygen atoms in total. The number of para-hydroxylation sites is 2. The lowest BCUT2D eigenvalue weighted by atomic mass is 10.0. The van der Waals surface area contributed by atoms with Crippen LogP contribution in [0.3, 0.4) is 0 Å². The number of likely N-dealkylation sites (tertiary alicyclic amines) is 1. The minimum Gasteiger partial charge on any atom is -0.497 e. The van der Waals surface area contributed by atoms with Crippen LogP contribution in [0.1, 0.15) is 37.2 Å². The SMILES string of the molecule is COc1ccc(C[C@@H](NC(=O)NC2CCN(C(C)=O)CC2)c2nc3ccccc3[nH]2)cc1. The molecule has 32 heavy (non-hydrogen) atoms. The lowest BCUT2D eigenvalue weighted by Crippen LogP contribution is -2.49. The van der Waals surface area contributed by atoms with E-state index in [4.69, 9.17) is 9.72 Å². The number of ether oxygens (including phenoxy) is 1. The highest BCUT2D eigenvalue weighted by Gasteiger charge is 2.24. The van der Waals surface area contributed by atoms with E-state index in [0.29, 0.717) is 25.3 Å². The summed E-state index contributed by atoms with van der Waals surface area (Å²) in [5.74, 6) is 1.58. The molecule has 3 amide bonds. The van der Waals surface area contributed by atoms with Gasteiger partial charge in [-0.15, -0.1) is 0 Å². The fourth-order valence-corrected chi connectivity index (χ4v) is 4.07. The van der Waals surface area contributed by atoms with Crippen molar-refractivity contribution >= 4 is 23.0 Å². The van der Waals surface area contributed by atoms with E-state index in [1.54, 1.807) is 14.0 Å². The molecule has 1 aliphatic heterocycles. The monoisotopic (exact) mass is 435 g/mol. The second-order valence-electron chi connectivity index (χ2n) is 8.14. The van der Waals surface area contributed by atoms with Gasteiger partial charge in [0.1, 0.15) is 11.6 Å². The first-order valence-corrected chi connectivity index (χ1v) is 10.9. The topological polar surface area (TPSA) is 99.3 Å². The van der Waals surface area contributed by atoms with E-state index >= 15 is 0 Å². The van der Waals surface area contributed by atoms with E-state index < -0.39 is 0 Å². The number of nitrogens with one attached hydrogen (secondary N) is 3. The van der Waals surface area contributed by atoms with Crippen LogP contribution in [-0.4, -0.2) is 53.0 Å². The summed E-state index contributed by atoms with van der Waals surface area (Å²) in [4.78, 5) is 34.2. The molecule has 0 aliphatic carbocycles. The number of hydrogen-bond acceptors (Lipinski definition) is 4. The van der Waals surface area contributed by atoms with Crippen molar-refractivity contribution in [2.75, 3.05) is 20.2 Å². The number of carbonyl (C=O) groups excluding carboxylic acids is 2. The molecule has 1 aliphatic rings. The molecular weight excluding hydrogens is 406 g/mol. The van der Waals surface area contributed by atoms with Crippen molar-refractivity contribution in [1.82, 2.24) is 25.5 Å². The predicted molar refractivity (Wildman–Crippen MR) is 122 cm³/mol. The molecule has 1 saturated heterocycles. The van der Waals surface area contributed by atoms with Gasteiger partial charge in [-0.3, -0.25) is 4.79 Å². The van der Waals surface area contributed by atoms with E-state index in [2.05, 4.69) is 15.6 Å². The molecule has 0 unspecified atom stereocenters. The van der Waals surface area contributed by atoms with Gasteiger partial charge in [0, 0.05) is 26.1 Å². The molecule has 4 rings (SSSR count). The molecule has 3 N–H and O–H groups in total. The number of amides is 3. The molecule has 168 valence electrons. The first-order chi connectivity index (χ1) is 15.5. The average molecular weight is 436 g/mol. The maximum absolute atomic E-state index is 12.9. The third-order valence-corrected chi connectivity index (χ3v) is 5.92. The van der Waals surface area contributed by atoms with Crippen LogP contribution in [0.25, 0.3) is 11.0 Å². The summed E-state index contributed by atoms with van der Waals surface area (Å²) in [6, 6.07) is 15.1. The van der Waals surface area contributed by atoms with Crippen molar-refractivity contribution in [3.05, 3.63) is 59.9 Å². The molecule has 2 heterocycles. The average Bonchev–Trinajstić information content (AvgIpc) is 3.24. The molecule has 0 saturated carbocycles. The summed E-state index contributed by atoms with van der Waals surface area (Å²) < 4.78 is 5.25. The summed E-state index contributed by atoms with van der Waals surface area (Å²) in [6.45, 7) is 2.91. The number of hydrogen-bond donors (Lipinski definition) is 3. The predicted octanol–water partition coefficient (Wildman–Crippen LogP) is 3.17. The molecule has 2 aromatic carbocycles. The Morgan fingerprint density at radius 2 is 1.88 bits per heavy atom. The molecule has 0 spiro atoms. The molecule has 0 bridgehead atoms. The van der Waals surface area contributed by atoms with Gasteiger partial charge in [-0.05, 0) is 49.1 Å². The lowest BCUT2D eigenvalue weighted by Gasteiger charge is -2.32. The normalized spacial score (nSPS) is 15.4. The van der Waals surface area contributed by atoms with Gasteiger partial charge in [0.15, 0.2) is 0 Å². The summed E-state index contributed by atoms with van der Waals surface area (Å²) in [5.41, 5.74) is 2.86. The van der Waals surface area contributed by atoms with Gasteiger partial charge in [-0.1, -0.05) is 24.3 Å². The number of nitrogens with zero attached hydrogens (tertiary/aromatic N) is 2. The number of fused-ring (bicyclic) bond motifs is 1. The van der Waals surface area contributed by atoms with Crippen molar-refractivity contribution in [3.63, 3.8) is 0 Å². The number of aromatic amines is 1. The van der Waals surface area contributed by atoms with Crippen molar-refractivity contribution < 1.29 is 14.3 Å². The largest absolute Gasteiger partial charge is 0.497 e. The Morgan fingerprint density at radius 1 is 1.16 bits per heavy atom. The fraction of sp³-hybridized carbons (Fsp3) is 0.375. The van der Waals surface area contributed by atoms with Crippen LogP contribution >= 0.6 is 0 Å². The van der Waals surface area contributed by atoms with Gasteiger partial charge < -0.3 is 25.3 Å². The molecule has 1 aromatic heterocycles. The molecule has 3 aromatic rings. The zero-order valence-corrected chi connectivity index (χ0v) is 18.4. The number of urea groups is 1. The lowest BCUT2D eigenvalue weighted by molar-refractivity contribution is -0.129. The summed E-state index contributed by atoms with van der Waals surface area (Å²) in [7, 11) is 1.64. The Bertz CT molecular complexity index is 1040. The summed E-state index contributed by atoms with van der Waals surface area (Å²) in [5, 5.41) is 6.16. The molecule has 1 fully saturated rings. The van der Waals surface area contributed by atoms with Gasteiger partial charge in [0.05, 0.1) is 24.2 Å². The van der Waals surface area contributed by atoms with Crippen LogP contribution < -0.4 is 15.4 Å². The Kier molecular flexibility index (Phi) is 6.58. The van der Waals surface area contributed by atoms with E-state index in [0.717, 1.165) is 35.2 Å². The highest BCUT2D eigenvalue weighted by molar-refractivity contribution is 5.77. The van der Waals surface area contributed by atoms with Gasteiger partial charge in [-0.25, -0.2) is 9.78 Å². The number of methoxy groups -OCH3 is 1. The van der Waals surface area contributed by atoms with Crippen LogP contribution in [0.5, 0.6) is 5.75 Å². The highest BCUT2D eigenvalue weighted by atomic mass is 16.5. The van der Waals surface area contributed by atoms with Gasteiger partial charge in [0.25, 0.3) is 0 Å². The summed E-state index contributed by atoms with van der Waals surface area (Å²) >= 11 is 0. The number of piperidine rings is 1. The van der Waals surface area contributed by atoms with Crippen LogP contribution in [-0.2, 0) is 11.2 Å². The van der Waals surface area contributed by atoms with Crippen LogP contribution in [0, 0.1) is 0 Å². The van der Waals surface area contributed by atoms with Crippen LogP contribution in [0.2, 0.25) is 0 Å². The van der Waals surface area contributed by atoms with Crippen molar-refractivity contribution in [2.45, 2.75) is 38.3 Å². The minimum absolute atomic E-state index is 0.0444. The number of aromatic nitrogens is 2. The van der Waals surface area contributed by atoms with Gasteiger partial charge in [0.2, 0.25) is 5.91 Å². The number of benzene rings is 2. The number of imidazole rings is 1. The van der Waals surface area contributed by atoms with Gasteiger partial charge >= 0.3 is 6.03 Å². The Hall–Kier alpha value is -3.55. The number of rotatable bonds is 6. The second-order valence-corrected chi connectivity index (χ2v) is 8.14. The highest BCUT2D eigenvalue weighted by Crippen LogP contribution is 2.21. The summed E-state index contributed by atoms with van der Waals surface area (Å²) in [6.07, 6.45) is 2.08. The molecule has 0 radical (unpaired) electrons. The molecule has 8 heteroatoms. The van der Waals surface area contributed by atoms with Crippen molar-refractivity contribution in [2.24, 2.45) is 0 Å². The van der Waals surface area contributed by atoms with E-state index in [-0.39, 0.29) is 24.0 Å². The second kappa shape index (κ2) is 9.72. The third-order valence-electron chi connectivity index (χ3n) is 5.92. The van der Waals surface area contributed by atoms with Crippen molar-refractivity contribution in [3.8, 4) is 5.75 Å². The van der Waals surface area contributed by atoms with Crippen LogP contribution in [0.15, 0.2) is 48.5 Å². The van der Waals surface area contributed by atoms with Crippen LogP contribution in [0.4, 0.5) is 4.79 Å². The Balaban J connectivity index is 1.47. The smallest absolute Gasteiger partial charge is 0.315 e. The first kappa shape index (κ1) is 21.7. The maximum Gasteiger partial charge on any atom is 0.315 e. The van der Waals surface area contributed by atoms with E-state index in [1.165, 1.54) is 0 Å². The zero-order chi connectivity index (χ0) is 22.5. The quantitative estimate of drug-likeness (QED) is 0.554. The van der Waals surface area contributed by atoms with Crippen molar-refractivity contribution in [1.29, 1.82) is 0 Å². The minimum atomic E-state index is -0.326. The zero-order valence-electron chi connectivity index (χ0n) is 18.4. The molecular formula is C24H29N5O3. The Labute approximate surface area is 187 Å². The third kappa shape index (κ3) is 5.19. The number of H-pyrrole nitrogens is 1. The first-order valence-electron chi connectivity index (χ1n) is 10.9. The Morgan fingerprint density at radius 3 is 2.53 bits per heavy atom. The van der Waals surface area contributed by atoms with E-state index in [1.807, 2.05) is 53.4 Å². The maximum atomic E-state index is 12.9. The fourth-order valence-electron chi connectivity index (χ4n) is 4.07. The van der Waals surface area contributed by atoms with E-state index in [9.17, 15) is 9.59 Å².